The second-order valence-electron chi connectivity index (χ2n) is 6.77. The first-order valence-electron chi connectivity index (χ1n) is 9.24. The average Bonchev–Trinajstić information content (AvgIpc) is 3.12. The molecule has 6 heteroatoms. The van der Waals surface area contributed by atoms with Crippen molar-refractivity contribution >= 4 is 6.03 Å². The summed E-state index contributed by atoms with van der Waals surface area (Å²) in [4.78, 5) is 17.3. The Morgan fingerprint density at radius 3 is 2.39 bits per heavy atom. The lowest BCUT2D eigenvalue weighted by Gasteiger charge is -2.23. The van der Waals surface area contributed by atoms with Gasteiger partial charge in [-0.05, 0) is 31.0 Å². The maximum Gasteiger partial charge on any atom is 0.316 e. The zero-order valence-corrected chi connectivity index (χ0v) is 16.6. The molecule has 1 heterocycles. The van der Waals surface area contributed by atoms with Crippen molar-refractivity contribution in [2.24, 2.45) is 7.05 Å². The van der Waals surface area contributed by atoms with Crippen molar-refractivity contribution < 1.29 is 9.53 Å². The van der Waals surface area contributed by atoms with Gasteiger partial charge in [0.1, 0.15) is 17.6 Å². The topological polar surface area (TPSA) is 68.2 Å². The fourth-order valence-corrected chi connectivity index (χ4v) is 3.36. The zero-order chi connectivity index (χ0) is 20.1. The highest BCUT2D eigenvalue weighted by atomic mass is 16.5. The van der Waals surface area contributed by atoms with Gasteiger partial charge in [0.15, 0.2) is 0 Å². The molecule has 1 aromatic heterocycles. The second kappa shape index (κ2) is 8.61. The highest BCUT2D eigenvalue weighted by Crippen LogP contribution is 2.29. The summed E-state index contributed by atoms with van der Waals surface area (Å²) in [6, 6.07) is 14.8. The second-order valence-corrected chi connectivity index (χ2v) is 6.77. The van der Waals surface area contributed by atoms with E-state index in [1.165, 1.54) is 0 Å². The number of carbonyl (C=O) groups is 1. The molecule has 6 nitrogen and oxygen atoms in total. The van der Waals surface area contributed by atoms with Gasteiger partial charge in [-0.1, -0.05) is 42.5 Å². The molecule has 2 aromatic carbocycles. The van der Waals surface area contributed by atoms with Crippen molar-refractivity contribution in [3.8, 4) is 5.75 Å². The quantitative estimate of drug-likeness (QED) is 0.684. The molecule has 0 bridgehead atoms. The molecule has 2 amide bonds. The van der Waals surface area contributed by atoms with Crippen molar-refractivity contribution in [3.05, 3.63) is 83.4 Å². The fourth-order valence-electron chi connectivity index (χ4n) is 3.36. The molecule has 28 heavy (non-hydrogen) atoms. The molecule has 3 rings (SSSR count). The maximum atomic E-state index is 12.8. The molecule has 0 spiro atoms. The highest BCUT2D eigenvalue weighted by Gasteiger charge is 2.24. The molecule has 0 saturated heterocycles. The maximum absolute atomic E-state index is 12.8. The summed E-state index contributed by atoms with van der Waals surface area (Å²) in [5.41, 5.74) is 3.07. The summed E-state index contributed by atoms with van der Waals surface area (Å²) < 4.78 is 7.39. The Morgan fingerprint density at radius 2 is 1.75 bits per heavy atom. The first-order valence-corrected chi connectivity index (χ1v) is 9.24. The van der Waals surface area contributed by atoms with E-state index < -0.39 is 6.04 Å². The first-order chi connectivity index (χ1) is 13.5. The smallest absolute Gasteiger partial charge is 0.316 e. The largest absolute Gasteiger partial charge is 0.496 e. The van der Waals surface area contributed by atoms with Crippen molar-refractivity contribution in [2.45, 2.75) is 25.9 Å². The summed E-state index contributed by atoms with van der Waals surface area (Å²) in [6.07, 6.45) is 3.57. The molecule has 0 saturated carbocycles. The number of methoxy groups -OCH3 is 1. The number of ether oxygens (including phenoxy) is 1. The minimum atomic E-state index is -0.444. The van der Waals surface area contributed by atoms with Crippen LogP contribution in [0.2, 0.25) is 0 Å². The molecular formula is C22H26N4O2. The van der Waals surface area contributed by atoms with Crippen molar-refractivity contribution in [1.82, 2.24) is 20.2 Å². The number of amides is 2. The number of nitrogens with zero attached hydrogens (tertiary/aromatic N) is 2. The van der Waals surface area contributed by atoms with E-state index in [-0.39, 0.29) is 12.1 Å². The number of imidazole rings is 1. The molecule has 0 aliphatic carbocycles. The molecule has 2 atom stereocenters. The molecule has 2 N–H and O–H groups in total. The van der Waals surface area contributed by atoms with Crippen LogP contribution in [0.25, 0.3) is 0 Å². The lowest BCUT2D eigenvalue weighted by atomic mass is 10.0. The number of benzene rings is 2. The monoisotopic (exact) mass is 378 g/mol. The SMILES string of the molecule is COc1ccccc1C(NC(=O)NC(C)c1ccccc1C)c1nccn1C. The number of para-hydroxylation sites is 1. The van der Waals surface area contributed by atoms with Crippen LogP contribution in [0.3, 0.4) is 0 Å². The van der Waals surface area contributed by atoms with Gasteiger partial charge < -0.3 is 19.9 Å². The zero-order valence-electron chi connectivity index (χ0n) is 16.6. The number of aryl methyl sites for hydroxylation is 2. The Morgan fingerprint density at radius 1 is 1.07 bits per heavy atom. The molecule has 146 valence electrons. The number of aromatic nitrogens is 2. The third-order valence-electron chi connectivity index (χ3n) is 4.84. The van der Waals surface area contributed by atoms with E-state index in [0.29, 0.717) is 5.75 Å². The molecular weight excluding hydrogens is 352 g/mol. The minimum Gasteiger partial charge on any atom is -0.496 e. The van der Waals surface area contributed by atoms with E-state index in [1.807, 2.05) is 80.2 Å². The van der Waals surface area contributed by atoms with E-state index in [0.717, 1.165) is 22.5 Å². The Hall–Kier alpha value is -3.28. The fraction of sp³-hybridized carbons (Fsp3) is 0.273. The van der Waals surface area contributed by atoms with Gasteiger partial charge in [0.25, 0.3) is 0 Å². The van der Waals surface area contributed by atoms with Crippen LogP contribution < -0.4 is 15.4 Å². The van der Waals surface area contributed by atoms with Gasteiger partial charge in [-0.15, -0.1) is 0 Å². The van der Waals surface area contributed by atoms with Gasteiger partial charge in [-0.2, -0.15) is 0 Å². The van der Waals surface area contributed by atoms with Crippen molar-refractivity contribution in [1.29, 1.82) is 0 Å². The Bertz CT molecular complexity index is 951. The average molecular weight is 378 g/mol. The number of rotatable bonds is 6. The van der Waals surface area contributed by atoms with Crippen LogP contribution in [0, 0.1) is 6.92 Å². The van der Waals surface area contributed by atoms with E-state index >= 15 is 0 Å². The first kappa shape index (κ1) is 19.5. The number of hydrogen-bond acceptors (Lipinski definition) is 3. The predicted molar refractivity (Wildman–Crippen MR) is 109 cm³/mol. The van der Waals surface area contributed by atoms with Gasteiger partial charge in [-0.3, -0.25) is 0 Å². The van der Waals surface area contributed by atoms with Gasteiger partial charge in [0.2, 0.25) is 0 Å². The lowest BCUT2D eigenvalue weighted by molar-refractivity contribution is 0.235. The van der Waals surface area contributed by atoms with Crippen LogP contribution in [-0.2, 0) is 7.05 Å². The normalized spacial score (nSPS) is 12.9. The van der Waals surface area contributed by atoms with E-state index in [9.17, 15) is 4.79 Å². The van der Waals surface area contributed by atoms with Crippen LogP contribution >= 0.6 is 0 Å². The standard InChI is InChI=1S/C22H26N4O2/c1-15-9-5-6-10-17(15)16(2)24-22(27)25-20(21-23-13-14-26(21)3)18-11-7-8-12-19(18)28-4/h5-14,16,20H,1-4H3,(H2,24,25,27). The van der Waals surface area contributed by atoms with Crippen LogP contribution in [0.15, 0.2) is 60.9 Å². The van der Waals surface area contributed by atoms with Crippen molar-refractivity contribution in [2.75, 3.05) is 7.11 Å². The van der Waals surface area contributed by atoms with Crippen molar-refractivity contribution in [3.63, 3.8) is 0 Å². The minimum absolute atomic E-state index is 0.124. The summed E-state index contributed by atoms with van der Waals surface area (Å²) >= 11 is 0. The van der Waals surface area contributed by atoms with E-state index in [4.69, 9.17) is 4.74 Å². The van der Waals surface area contributed by atoms with E-state index in [2.05, 4.69) is 15.6 Å². The summed E-state index contributed by atoms with van der Waals surface area (Å²) in [7, 11) is 3.52. The number of nitrogens with one attached hydrogen (secondary N) is 2. The summed E-state index contributed by atoms with van der Waals surface area (Å²) in [6.45, 7) is 4.01. The van der Waals surface area contributed by atoms with Crippen LogP contribution in [-0.4, -0.2) is 22.7 Å². The third kappa shape index (κ3) is 4.17. The summed E-state index contributed by atoms with van der Waals surface area (Å²) in [5.74, 6) is 1.42. The molecule has 0 aliphatic heterocycles. The molecule has 0 radical (unpaired) electrons. The number of hydrogen-bond donors (Lipinski definition) is 2. The Kier molecular flexibility index (Phi) is 5.99. The third-order valence-corrected chi connectivity index (χ3v) is 4.84. The molecule has 0 aliphatic rings. The highest BCUT2D eigenvalue weighted by molar-refractivity contribution is 5.75. The van der Waals surface area contributed by atoms with Gasteiger partial charge in [0.05, 0.1) is 13.2 Å². The Labute approximate surface area is 165 Å². The molecule has 2 unspecified atom stereocenters. The van der Waals surface area contributed by atoms with E-state index in [1.54, 1.807) is 13.3 Å². The predicted octanol–water partition coefficient (Wildman–Crippen LogP) is 3.89. The van der Waals surface area contributed by atoms with Crippen LogP contribution in [0.4, 0.5) is 4.79 Å². The van der Waals surface area contributed by atoms with Gasteiger partial charge in [-0.25, -0.2) is 9.78 Å². The van der Waals surface area contributed by atoms with Crippen LogP contribution in [0.1, 0.15) is 41.5 Å². The lowest BCUT2D eigenvalue weighted by Crippen LogP contribution is -2.40. The van der Waals surface area contributed by atoms with Gasteiger partial charge >= 0.3 is 6.03 Å². The summed E-state index contributed by atoms with van der Waals surface area (Å²) in [5, 5.41) is 6.09. The number of carbonyl (C=O) groups excluding carboxylic acids is 1. The van der Waals surface area contributed by atoms with Crippen LogP contribution in [0.5, 0.6) is 5.75 Å². The Balaban J connectivity index is 1.85. The molecule has 0 fully saturated rings. The van der Waals surface area contributed by atoms with Gasteiger partial charge in [0, 0.05) is 25.0 Å². The molecule has 3 aromatic rings. The number of urea groups is 1.